The zero-order valence-corrected chi connectivity index (χ0v) is 19.8. The first-order valence-electron chi connectivity index (χ1n) is 12.6. The van der Waals surface area contributed by atoms with Gasteiger partial charge in [-0.25, -0.2) is 0 Å². The maximum Gasteiger partial charge on any atom is -0.0150 e. The molecule has 0 heteroatoms. The van der Waals surface area contributed by atoms with E-state index in [2.05, 4.69) is 105 Å². The lowest BCUT2D eigenvalue weighted by Crippen LogP contribution is -2.12. The lowest BCUT2D eigenvalue weighted by molar-refractivity contribution is 0.396. The van der Waals surface area contributed by atoms with Crippen molar-refractivity contribution in [3.05, 3.63) is 119 Å². The highest BCUT2D eigenvalue weighted by Gasteiger charge is 2.23. The molecule has 3 aromatic rings. The van der Waals surface area contributed by atoms with Crippen molar-refractivity contribution in [2.45, 2.75) is 76.5 Å². The summed E-state index contributed by atoms with van der Waals surface area (Å²) in [6.45, 7) is 4.43. The summed E-state index contributed by atoms with van der Waals surface area (Å²) in [4.78, 5) is 0. The number of aryl methyl sites for hydroxylation is 1. The number of hydrogen-bond donors (Lipinski definition) is 0. The Bertz CT molecular complexity index is 955. The molecule has 1 fully saturated rings. The van der Waals surface area contributed by atoms with Crippen LogP contribution in [-0.4, -0.2) is 0 Å². The van der Waals surface area contributed by atoms with Gasteiger partial charge in [-0.15, -0.1) is 0 Å². The first kappa shape index (κ1) is 22.6. The van der Waals surface area contributed by atoms with Crippen molar-refractivity contribution in [1.82, 2.24) is 0 Å². The zero-order chi connectivity index (χ0) is 22.2. The maximum atomic E-state index is 2.40. The molecule has 1 aliphatic rings. The molecule has 1 aliphatic carbocycles. The SMILES string of the molecule is C/C=C/CCc1ccc(C2CCC(c3ccc(C[C@@H](C)c4ccccc4)cc3)CC2)cc1. The summed E-state index contributed by atoms with van der Waals surface area (Å²) in [6, 6.07) is 29.9. The Labute approximate surface area is 195 Å². The van der Waals surface area contributed by atoms with Gasteiger partial charge in [0, 0.05) is 0 Å². The largest absolute Gasteiger partial charge is 0.0917 e. The van der Waals surface area contributed by atoms with Crippen LogP contribution in [0.15, 0.2) is 91.0 Å². The van der Waals surface area contributed by atoms with Gasteiger partial charge in [0.2, 0.25) is 0 Å². The summed E-state index contributed by atoms with van der Waals surface area (Å²) < 4.78 is 0. The quantitative estimate of drug-likeness (QED) is 0.318. The normalized spacial score (nSPS) is 19.8. The molecule has 0 N–H and O–H groups in total. The minimum absolute atomic E-state index is 0.562. The van der Waals surface area contributed by atoms with Crippen LogP contribution in [0.3, 0.4) is 0 Å². The fourth-order valence-electron chi connectivity index (χ4n) is 5.31. The lowest BCUT2D eigenvalue weighted by atomic mass is 9.76. The summed E-state index contributed by atoms with van der Waals surface area (Å²) in [7, 11) is 0. The van der Waals surface area contributed by atoms with E-state index in [1.54, 1.807) is 11.1 Å². The van der Waals surface area contributed by atoms with E-state index < -0.39 is 0 Å². The Kier molecular flexibility index (Phi) is 7.99. The van der Waals surface area contributed by atoms with Gasteiger partial charge in [-0.3, -0.25) is 0 Å². The monoisotopic (exact) mass is 422 g/mol. The molecule has 0 aliphatic heterocycles. The molecule has 0 bridgehead atoms. The molecule has 0 unspecified atom stereocenters. The average molecular weight is 423 g/mol. The molecule has 32 heavy (non-hydrogen) atoms. The minimum atomic E-state index is 0.562. The highest BCUT2D eigenvalue weighted by atomic mass is 14.3. The van der Waals surface area contributed by atoms with Crippen LogP contribution < -0.4 is 0 Å². The predicted octanol–water partition coefficient (Wildman–Crippen LogP) is 8.98. The summed E-state index contributed by atoms with van der Waals surface area (Å²) in [5.41, 5.74) is 7.43. The second-order valence-electron chi connectivity index (χ2n) is 9.66. The number of rotatable bonds is 8. The van der Waals surface area contributed by atoms with Crippen molar-refractivity contribution in [1.29, 1.82) is 0 Å². The van der Waals surface area contributed by atoms with Crippen molar-refractivity contribution in [2.24, 2.45) is 0 Å². The minimum Gasteiger partial charge on any atom is -0.0917 e. The van der Waals surface area contributed by atoms with Crippen LogP contribution in [0.2, 0.25) is 0 Å². The second kappa shape index (κ2) is 11.3. The third-order valence-electron chi connectivity index (χ3n) is 7.38. The van der Waals surface area contributed by atoms with Crippen molar-refractivity contribution in [3.63, 3.8) is 0 Å². The van der Waals surface area contributed by atoms with Crippen LogP contribution in [0, 0.1) is 0 Å². The topological polar surface area (TPSA) is 0 Å². The molecule has 0 radical (unpaired) electrons. The van der Waals surface area contributed by atoms with E-state index in [0.29, 0.717) is 5.92 Å². The number of hydrogen-bond acceptors (Lipinski definition) is 0. The molecule has 0 nitrogen and oxygen atoms in total. The molecule has 0 saturated heterocycles. The Hall–Kier alpha value is -2.60. The Morgan fingerprint density at radius 1 is 0.719 bits per heavy atom. The van der Waals surface area contributed by atoms with Gasteiger partial charge >= 0.3 is 0 Å². The van der Waals surface area contributed by atoms with Crippen LogP contribution in [0.4, 0.5) is 0 Å². The van der Waals surface area contributed by atoms with Crippen LogP contribution in [0.5, 0.6) is 0 Å². The van der Waals surface area contributed by atoms with Crippen LogP contribution in [0.25, 0.3) is 0 Å². The molecule has 4 rings (SSSR count). The predicted molar refractivity (Wildman–Crippen MR) is 139 cm³/mol. The molecule has 0 heterocycles. The van der Waals surface area contributed by atoms with Crippen LogP contribution in [0.1, 0.15) is 91.5 Å². The Morgan fingerprint density at radius 3 is 1.78 bits per heavy atom. The van der Waals surface area contributed by atoms with Crippen molar-refractivity contribution in [2.75, 3.05) is 0 Å². The summed E-state index contributed by atoms with van der Waals surface area (Å²) >= 11 is 0. The van der Waals surface area contributed by atoms with Gasteiger partial charge in [-0.2, -0.15) is 0 Å². The number of benzene rings is 3. The zero-order valence-electron chi connectivity index (χ0n) is 19.8. The van der Waals surface area contributed by atoms with E-state index in [4.69, 9.17) is 0 Å². The molecular weight excluding hydrogens is 384 g/mol. The van der Waals surface area contributed by atoms with E-state index in [-0.39, 0.29) is 0 Å². The van der Waals surface area contributed by atoms with Gasteiger partial charge in [-0.05, 0) is 97.4 Å². The Morgan fingerprint density at radius 2 is 1.25 bits per heavy atom. The van der Waals surface area contributed by atoms with Gasteiger partial charge < -0.3 is 0 Å². The molecule has 0 aromatic heterocycles. The first-order valence-corrected chi connectivity index (χ1v) is 12.6. The molecule has 3 aromatic carbocycles. The van der Waals surface area contributed by atoms with E-state index in [0.717, 1.165) is 31.1 Å². The van der Waals surface area contributed by atoms with Gasteiger partial charge in [0.25, 0.3) is 0 Å². The van der Waals surface area contributed by atoms with Gasteiger partial charge in [0.1, 0.15) is 0 Å². The van der Waals surface area contributed by atoms with Crippen LogP contribution in [-0.2, 0) is 12.8 Å². The second-order valence-corrected chi connectivity index (χ2v) is 9.66. The lowest BCUT2D eigenvalue weighted by Gasteiger charge is -2.29. The van der Waals surface area contributed by atoms with E-state index in [9.17, 15) is 0 Å². The van der Waals surface area contributed by atoms with Gasteiger partial charge in [0.15, 0.2) is 0 Å². The van der Waals surface area contributed by atoms with Crippen molar-refractivity contribution in [3.8, 4) is 0 Å². The number of allylic oxidation sites excluding steroid dienone is 2. The summed E-state index contributed by atoms with van der Waals surface area (Å²) in [6.07, 6.45) is 13.1. The maximum absolute atomic E-state index is 2.40. The smallest absolute Gasteiger partial charge is 0.0150 e. The third kappa shape index (κ3) is 6.00. The summed E-state index contributed by atoms with van der Waals surface area (Å²) in [5, 5.41) is 0. The molecular formula is C32H38. The third-order valence-corrected chi connectivity index (χ3v) is 7.38. The highest BCUT2D eigenvalue weighted by Crippen LogP contribution is 2.40. The fourth-order valence-corrected chi connectivity index (χ4v) is 5.31. The molecule has 0 spiro atoms. The van der Waals surface area contributed by atoms with E-state index in [1.165, 1.54) is 42.4 Å². The van der Waals surface area contributed by atoms with Crippen molar-refractivity contribution < 1.29 is 0 Å². The molecule has 166 valence electrons. The average Bonchev–Trinajstić information content (AvgIpc) is 2.86. The van der Waals surface area contributed by atoms with Crippen molar-refractivity contribution >= 4 is 0 Å². The summed E-state index contributed by atoms with van der Waals surface area (Å²) in [5.74, 6) is 2.03. The highest BCUT2D eigenvalue weighted by molar-refractivity contribution is 5.30. The van der Waals surface area contributed by atoms with E-state index >= 15 is 0 Å². The van der Waals surface area contributed by atoms with Gasteiger partial charge in [0.05, 0.1) is 0 Å². The molecule has 1 saturated carbocycles. The first-order chi connectivity index (χ1) is 15.7. The van der Waals surface area contributed by atoms with Gasteiger partial charge in [-0.1, -0.05) is 97.9 Å². The van der Waals surface area contributed by atoms with Crippen LogP contribution >= 0.6 is 0 Å². The Balaban J connectivity index is 1.28. The standard InChI is InChI=1S/C32H38/c1-3-4-6-9-26-12-16-29(17-13-26)31-20-22-32(23-21-31)30-18-14-27(15-19-30)24-25(2)28-10-7-5-8-11-28/h3-5,7-8,10-19,25,31-32H,6,9,20-24H2,1-2H3/b4-3+/t25-,31?,32?/m1/s1. The van der Waals surface area contributed by atoms with E-state index in [1.807, 2.05) is 0 Å². The molecule has 0 amide bonds. The fraction of sp³-hybridized carbons (Fsp3) is 0.375. The molecule has 1 atom stereocenters.